The van der Waals surface area contributed by atoms with Gasteiger partial charge in [-0.1, -0.05) is 43.2 Å². The van der Waals surface area contributed by atoms with E-state index in [0.717, 1.165) is 16.7 Å². The van der Waals surface area contributed by atoms with Gasteiger partial charge < -0.3 is 20.3 Å². The first-order chi connectivity index (χ1) is 17.3. The van der Waals surface area contributed by atoms with E-state index in [1.807, 2.05) is 45.9 Å². The maximum absolute atomic E-state index is 14.0. The lowest BCUT2D eigenvalue weighted by atomic mass is 9.71. The number of halogens is 1. The summed E-state index contributed by atoms with van der Waals surface area (Å²) in [4.78, 5) is 24.9. The van der Waals surface area contributed by atoms with E-state index < -0.39 is 28.7 Å². The number of anilines is 1. The van der Waals surface area contributed by atoms with Crippen molar-refractivity contribution in [1.82, 2.24) is 0 Å². The lowest BCUT2D eigenvalue weighted by Crippen LogP contribution is -2.42. The van der Waals surface area contributed by atoms with Gasteiger partial charge in [-0.15, -0.1) is 0 Å². The smallest absolute Gasteiger partial charge is 0.338 e. The summed E-state index contributed by atoms with van der Waals surface area (Å²) in [6.45, 7) is 7.71. The van der Waals surface area contributed by atoms with Crippen molar-refractivity contribution in [2.24, 2.45) is 0 Å². The molecule has 0 radical (unpaired) electrons. The molecule has 1 aliphatic rings. The van der Waals surface area contributed by atoms with E-state index in [0.29, 0.717) is 22.4 Å². The van der Waals surface area contributed by atoms with Crippen LogP contribution in [0.2, 0.25) is 0 Å². The van der Waals surface area contributed by atoms with Gasteiger partial charge in [-0.05, 0) is 67.6 Å². The van der Waals surface area contributed by atoms with Crippen molar-refractivity contribution in [3.63, 3.8) is 0 Å². The second-order valence-corrected chi connectivity index (χ2v) is 10.8. The highest BCUT2D eigenvalue weighted by Gasteiger charge is 2.39. The minimum absolute atomic E-state index is 0.0699. The van der Waals surface area contributed by atoms with Gasteiger partial charge in [-0.3, -0.25) is 4.79 Å². The Labute approximate surface area is 216 Å². The largest absolute Gasteiger partial charge is 0.508 e. The summed E-state index contributed by atoms with van der Waals surface area (Å²) in [5.41, 5.74) is 2.61. The monoisotopic (exact) mass is 505 g/mol. The van der Waals surface area contributed by atoms with Gasteiger partial charge in [-0.25, -0.2) is 9.18 Å². The summed E-state index contributed by atoms with van der Waals surface area (Å²) in [5, 5.41) is 25.2. The number of nitrogens with one attached hydrogen (secondary N) is 1. The van der Waals surface area contributed by atoms with Crippen LogP contribution in [-0.2, 0) is 28.0 Å². The Kier molecular flexibility index (Phi) is 7.11. The molecule has 1 atom stereocenters. The normalized spacial score (nSPS) is 14.6. The fourth-order valence-corrected chi connectivity index (χ4v) is 5.42. The van der Waals surface area contributed by atoms with Crippen molar-refractivity contribution in [3.8, 4) is 5.75 Å². The highest BCUT2D eigenvalue weighted by Crippen LogP contribution is 2.40. The first kappa shape index (κ1) is 26.4. The number of phenols is 1. The molecule has 0 saturated heterocycles. The Hall–Kier alpha value is -3.71. The number of aliphatic hydroxyl groups is 1. The van der Waals surface area contributed by atoms with Crippen molar-refractivity contribution in [3.05, 3.63) is 93.8 Å². The number of aromatic hydroxyl groups is 1. The molecular weight excluding hydrogens is 473 g/mol. The Morgan fingerprint density at radius 1 is 1.05 bits per heavy atom. The lowest BCUT2D eigenvalue weighted by Gasteiger charge is -2.37. The number of cyclic esters (lactones) is 1. The second kappa shape index (κ2) is 9.98. The van der Waals surface area contributed by atoms with Crippen LogP contribution < -0.4 is 5.32 Å². The van der Waals surface area contributed by atoms with E-state index in [4.69, 9.17) is 4.74 Å². The number of phenolic OH excluding ortho intramolecular Hbond substituents is 1. The molecule has 0 aromatic heterocycles. The zero-order valence-corrected chi connectivity index (χ0v) is 21.5. The molecule has 1 unspecified atom stereocenters. The van der Waals surface area contributed by atoms with Gasteiger partial charge >= 0.3 is 5.97 Å². The molecule has 7 heteroatoms. The van der Waals surface area contributed by atoms with Crippen LogP contribution in [0.4, 0.5) is 10.1 Å². The Balaban J connectivity index is 1.61. The number of esters is 1. The molecule has 0 saturated carbocycles. The number of amides is 1. The van der Waals surface area contributed by atoms with Crippen molar-refractivity contribution in [2.45, 2.75) is 64.6 Å². The second-order valence-electron chi connectivity index (χ2n) is 10.8. The van der Waals surface area contributed by atoms with Gasteiger partial charge in [0.25, 0.3) is 0 Å². The molecule has 1 aliphatic heterocycles. The number of aryl methyl sites for hydroxylation is 2. The average molecular weight is 506 g/mol. The minimum Gasteiger partial charge on any atom is -0.508 e. The standard InChI is InChI=1S/C30H32FNO5/c1-18-9-19(2)11-20(10-18)14-30(36,17-29(3,4)25-13-22(31)5-8-26(25)33)15-27(34)32-23-6-7-24-21(12-23)16-37-28(24)35/h5-13,33,36H,14-17H2,1-4H3,(H,32,34). The third kappa shape index (κ3) is 6.17. The molecule has 0 fully saturated rings. The summed E-state index contributed by atoms with van der Waals surface area (Å²) in [5.74, 6) is -1.36. The number of rotatable bonds is 8. The van der Waals surface area contributed by atoms with Gasteiger partial charge in [-0.2, -0.15) is 0 Å². The van der Waals surface area contributed by atoms with Crippen LogP contribution in [-0.4, -0.2) is 27.7 Å². The number of hydrogen-bond acceptors (Lipinski definition) is 5. The maximum atomic E-state index is 14.0. The van der Waals surface area contributed by atoms with Crippen LogP contribution in [0.25, 0.3) is 0 Å². The average Bonchev–Trinajstić information content (AvgIpc) is 3.13. The molecular formula is C30H32FNO5. The lowest BCUT2D eigenvalue weighted by molar-refractivity contribution is -0.121. The van der Waals surface area contributed by atoms with E-state index in [-0.39, 0.29) is 31.6 Å². The van der Waals surface area contributed by atoms with Crippen molar-refractivity contribution >= 4 is 17.6 Å². The highest BCUT2D eigenvalue weighted by atomic mass is 19.1. The van der Waals surface area contributed by atoms with E-state index in [9.17, 15) is 24.2 Å². The predicted octanol–water partition coefficient (Wildman–Crippen LogP) is 5.49. The summed E-state index contributed by atoms with van der Waals surface area (Å²) in [7, 11) is 0. The van der Waals surface area contributed by atoms with E-state index in [1.165, 1.54) is 18.2 Å². The molecule has 0 aliphatic carbocycles. The highest BCUT2D eigenvalue weighted by molar-refractivity contribution is 5.96. The quantitative estimate of drug-likeness (QED) is 0.352. The molecule has 0 spiro atoms. The van der Waals surface area contributed by atoms with Gasteiger partial charge in [0.15, 0.2) is 0 Å². The SMILES string of the molecule is Cc1cc(C)cc(CC(O)(CC(=O)Nc2ccc3c(c2)COC3=O)CC(C)(C)c2cc(F)ccc2O)c1. The number of hydrogen-bond donors (Lipinski definition) is 3. The first-order valence-electron chi connectivity index (χ1n) is 12.2. The molecule has 1 heterocycles. The number of fused-ring (bicyclic) bond motifs is 1. The summed E-state index contributed by atoms with van der Waals surface area (Å²) in [6, 6.07) is 14.6. The Morgan fingerprint density at radius 2 is 1.76 bits per heavy atom. The Morgan fingerprint density at radius 3 is 2.46 bits per heavy atom. The van der Waals surface area contributed by atoms with Crippen molar-refractivity contribution in [2.75, 3.05) is 5.32 Å². The van der Waals surface area contributed by atoms with Crippen LogP contribution in [0.1, 0.15) is 64.9 Å². The van der Waals surface area contributed by atoms with Crippen LogP contribution in [0.5, 0.6) is 5.75 Å². The molecule has 4 rings (SSSR count). The molecule has 0 bridgehead atoms. The zero-order valence-electron chi connectivity index (χ0n) is 21.5. The number of carbonyl (C=O) groups excluding carboxylic acids is 2. The first-order valence-corrected chi connectivity index (χ1v) is 12.2. The molecule has 3 aromatic carbocycles. The van der Waals surface area contributed by atoms with E-state index in [1.54, 1.807) is 18.2 Å². The minimum atomic E-state index is -1.51. The number of ether oxygens (including phenoxy) is 1. The molecule has 1 amide bonds. The Bertz CT molecular complexity index is 1350. The van der Waals surface area contributed by atoms with Crippen molar-refractivity contribution < 1.29 is 28.9 Å². The van der Waals surface area contributed by atoms with Crippen LogP contribution >= 0.6 is 0 Å². The van der Waals surface area contributed by atoms with Crippen LogP contribution in [0.15, 0.2) is 54.6 Å². The molecule has 37 heavy (non-hydrogen) atoms. The third-order valence-electron chi connectivity index (χ3n) is 6.73. The molecule has 6 nitrogen and oxygen atoms in total. The topological polar surface area (TPSA) is 95.9 Å². The number of benzene rings is 3. The van der Waals surface area contributed by atoms with Gasteiger partial charge in [0.05, 0.1) is 17.6 Å². The fourth-order valence-electron chi connectivity index (χ4n) is 5.42. The third-order valence-corrected chi connectivity index (χ3v) is 6.73. The summed E-state index contributed by atoms with van der Waals surface area (Å²) < 4.78 is 19.1. The molecule has 194 valence electrons. The van der Waals surface area contributed by atoms with Crippen molar-refractivity contribution in [1.29, 1.82) is 0 Å². The van der Waals surface area contributed by atoms with Gasteiger partial charge in [0.2, 0.25) is 5.91 Å². The number of carbonyl (C=O) groups is 2. The summed E-state index contributed by atoms with van der Waals surface area (Å²) in [6.07, 6.45) is 0.0466. The van der Waals surface area contributed by atoms with Gasteiger partial charge in [0, 0.05) is 23.2 Å². The van der Waals surface area contributed by atoms with Gasteiger partial charge in [0.1, 0.15) is 18.2 Å². The fraction of sp³-hybridized carbons (Fsp3) is 0.333. The van der Waals surface area contributed by atoms with E-state index in [2.05, 4.69) is 5.32 Å². The summed E-state index contributed by atoms with van der Waals surface area (Å²) >= 11 is 0. The van der Waals surface area contributed by atoms with Crippen LogP contribution in [0.3, 0.4) is 0 Å². The predicted molar refractivity (Wildman–Crippen MR) is 139 cm³/mol. The zero-order chi connectivity index (χ0) is 27.0. The van der Waals surface area contributed by atoms with E-state index >= 15 is 0 Å². The molecule has 3 aromatic rings. The molecule has 3 N–H and O–H groups in total. The maximum Gasteiger partial charge on any atom is 0.338 e. The van der Waals surface area contributed by atoms with Crippen LogP contribution in [0, 0.1) is 19.7 Å².